The summed E-state index contributed by atoms with van der Waals surface area (Å²) in [4.78, 5) is 11.9. The minimum absolute atomic E-state index is 0.120. The molecule has 1 unspecified atom stereocenters. The molecule has 5 heteroatoms. The summed E-state index contributed by atoms with van der Waals surface area (Å²) in [6.07, 6.45) is -0.563. The standard InChI is InChI=1S/C19H16BrNO3/c1-24-19(23)21-18(13-6-4-7-14(20)11-13)17-15-8-3-2-5-12(15)9-10-16(17)22/h2-11,18,22H,1H3,(H,21,23). The lowest BCUT2D eigenvalue weighted by Gasteiger charge is -2.22. The highest BCUT2D eigenvalue weighted by atomic mass is 79.9. The van der Waals surface area contributed by atoms with Crippen molar-refractivity contribution >= 4 is 32.8 Å². The van der Waals surface area contributed by atoms with Gasteiger partial charge in [-0.2, -0.15) is 0 Å². The molecular weight excluding hydrogens is 370 g/mol. The van der Waals surface area contributed by atoms with E-state index in [1.54, 1.807) is 6.07 Å². The molecule has 0 aliphatic rings. The fourth-order valence-corrected chi connectivity index (χ4v) is 3.19. The van der Waals surface area contributed by atoms with E-state index in [1.165, 1.54) is 7.11 Å². The number of alkyl carbamates (subject to hydrolysis) is 1. The largest absolute Gasteiger partial charge is 0.508 e. The van der Waals surface area contributed by atoms with Crippen LogP contribution in [-0.4, -0.2) is 18.3 Å². The summed E-state index contributed by atoms with van der Waals surface area (Å²) in [5.41, 5.74) is 1.47. The molecule has 1 amide bonds. The molecule has 2 N–H and O–H groups in total. The second kappa shape index (κ2) is 6.93. The highest BCUT2D eigenvalue weighted by Gasteiger charge is 2.23. The number of amides is 1. The lowest BCUT2D eigenvalue weighted by atomic mass is 9.93. The van der Waals surface area contributed by atoms with Gasteiger partial charge in [-0.3, -0.25) is 0 Å². The average Bonchev–Trinajstić information content (AvgIpc) is 2.60. The maximum atomic E-state index is 11.9. The number of ether oxygens (including phenoxy) is 1. The number of benzene rings is 3. The maximum Gasteiger partial charge on any atom is 0.407 e. The van der Waals surface area contributed by atoms with Crippen LogP contribution >= 0.6 is 15.9 Å². The highest BCUT2D eigenvalue weighted by molar-refractivity contribution is 9.10. The predicted molar refractivity (Wildman–Crippen MR) is 97.1 cm³/mol. The van der Waals surface area contributed by atoms with Gasteiger partial charge in [-0.25, -0.2) is 4.79 Å². The Morgan fingerprint density at radius 2 is 1.92 bits per heavy atom. The number of rotatable bonds is 3. The van der Waals surface area contributed by atoms with Crippen LogP contribution in [0.2, 0.25) is 0 Å². The van der Waals surface area contributed by atoms with Crippen LogP contribution in [0.25, 0.3) is 10.8 Å². The zero-order valence-electron chi connectivity index (χ0n) is 13.0. The first-order valence-electron chi connectivity index (χ1n) is 7.40. The number of methoxy groups -OCH3 is 1. The second-order valence-electron chi connectivity index (χ2n) is 5.34. The molecular formula is C19H16BrNO3. The molecule has 1 atom stereocenters. The Labute approximate surface area is 148 Å². The molecule has 3 rings (SSSR count). The number of hydrogen-bond donors (Lipinski definition) is 2. The van der Waals surface area contributed by atoms with Gasteiger partial charge in [0.05, 0.1) is 13.2 Å². The first-order chi connectivity index (χ1) is 11.6. The monoisotopic (exact) mass is 385 g/mol. The molecule has 0 saturated heterocycles. The summed E-state index contributed by atoms with van der Waals surface area (Å²) in [6, 6.07) is 18.3. The van der Waals surface area contributed by atoms with Gasteiger partial charge in [-0.1, -0.05) is 58.4 Å². The second-order valence-corrected chi connectivity index (χ2v) is 6.26. The van der Waals surface area contributed by atoms with E-state index in [2.05, 4.69) is 21.2 Å². The number of phenolic OH excluding ortho intramolecular Hbond substituents is 1. The lowest BCUT2D eigenvalue weighted by Crippen LogP contribution is -2.29. The molecule has 4 nitrogen and oxygen atoms in total. The average molecular weight is 386 g/mol. The fraction of sp³-hybridized carbons (Fsp3) is 0.105. The van der Waals surface area contributed by atoms with Crippen molar-refractivity contribution in [2.75, 3.05) is 7.11 Å². The predicted octanol–water partition coefficient (Wildman–Crippen LogP) is 4.75. The van der Waals surface area contributed by atoms with Gasteiger partial charge in [-0.15, -0.1) is 0 Å². The van der Waals surface area contributed by atoms with E-state index in [1.807, 2.05) is 54.6 Å². The Morgan fingerprint density at radius 1 is 1.12 bits per heavy atom. The molecule has 0 spiro atoms. The smallest absolute Gasteiger partial charge is 0.407 e. The first kappa shape index (κ1) is 16.3. The number of fused-ring (bicyclic) bond motifs is 1. The van der Waals surface area contributed by atoms with Gasteiger partial charge in [0.1, 0.15) is 5.75 Å². The topological polar surface area (TPSA) is 58.6 Å². The number of halogens is 1. The number of carbonyl (C=O) groups excluding carboxylic acids is 1. The minimum Gasteiger partial charge on any atom is -0.508 e. The summed E-state index contributed by atoms with van der Waals surface area (Å²) in [6.45, 7) is 0. The van der Waals surface area contributed by atoms with Gasteiger partial charge >= 0.3 is 6.09 Å². The quantitative estimate of drug-likeness (QED) is 0.683. The van der Waals surface area contributed by atoms with E-state index < -0.39 is 12.1 Å². The maximum absolute atomic E-state index is 11.9. The van der Waals surface area contributed by atoms with E-state index in [0.717, 1.165) is 20.8 Å². The van der Waals surface area contributed by atoms with E-state index in [0.29, 0.717) is 5.56 Å². The van der Waals surface area contributed by atoms with Crippen molar-refractivity contribution < 1.29 is 14.6 Å². The van der Waals surface area contributed by atoms with Crippen LogP contribution in [0.1, 0.15) is 17.2 Å². The fourth-order valence-electron chi connectivity index (χ4n) is 2.77. The van der Waals surface area contributed by atoms with E-state index in [-0.39, 0.29) is 5.75 Å². The Morgan fingerprint density at radius 3 is 2.67 bits per heavy atom. The normalized spacial score (nSPS) is 11.9. The summed E-state index contributed by atoms with van der Waals surface area (Å²) >= 11 is 3.45. The van der Waals surface area contributed by atoms with E-state index in [4.69, 9.17) is 4.74 Å². The summed E-state index contributed by atoms with van der Waals surface area (Å²) < 4.78 is 5.65. The number of phenols is 1. The van der Waals surface area contributed by atoms with Gasteiger partial charge in [0.2, 0.25) is 0 Å². The van der Waals surface area contributed by atoms with Gasteiger partial charge < -0.3 is 15.2 Å². The molecule has 0 aromatic heterocycles. The highest BCUT2D eigenvalue weighted by Crippen LogP contribution is 2.36. The molecule has 122 valence electrons. The number of carbonyl (C=O) groups is 1. The molecule has 0 saturated carbocycles. The molecule has 3 aromatic carbocycles. The molecule has 0 heterocycles. The van der Waals surface area contributed by atoms with Crippen LogP contribution in [0, 0.1) is 0 Å². The van der Waals surface area contributed by atoms with Crippen LogP contribution < -0.4 is 5.32 Å². The molecule has 0 bridgehead atoms. The summed E-state index contributed by atoms with van der Waals surface area (Å²) in [5.74, 6) is 0.120. The molecule has 24 heavy (non-hydrogen) atoms. The van der Waals surface area contributed by atoms with Gasteiger partial charge in [0.25, 0.3) is 0 Å². The Kier molecular flexibility index (Phi) is 4.71. The van der Waals surface area contributed by atoms with Crippen LogP contribution in [0.4, 0.5) is 4.79 Å². The van der Waals surface area contributed by atoms with Crippen molar-refractivity contribution in [1.29, 1.82) is 0 Å². The Bertz CT molecular complexity index is 895. The zero-order chi connectivity index (χ0) is 17.1. The van der Waals surface area contributed by atoms with Crippen molar-refractivity contribution in [3.63, 3.8) is 0 Å². The number of hydrogen-bond acceptors (Lipinski definition) is 3. The van der Waals surface area contributed by atoms with Crippen molar-refractivity contribution in [1.82, 2.24) is 5.32 Å². The minimum atomic E-state index is -0.563. The summed E-state index contributed by atoms with van der Waals surface area (Å²) in [7, 11) is 1.32. The van der Waals surface area contributed by atoms with Crippen molar-refractivity contribution in [3.8, 4) is 5.75 Å². The summed E-state index contributed by atoms with van der Waals surface area (Å²) in [5, 5.41) is 15.2. The number of aromatic hydroxyl groups is 1. The van der Waals surface area contributed by atoms with Gasteiger partial charge in [0.15, 0.2) is 0 Å². The van der Waals surface area contributed by atoms with Crippen LogP contribution in [-0.2, 0) is 4.74 Å². The van der Waals surface area contributed by atoms with Crippen LogP contribution in [0.3, 0.4) is 0 Å². The third kappa shape index (κ3) is 3.21. The molecule has 0 aliphatic carbocycles. The van der Waals surface area contributed by atoms with E-state index >= 15 is 0 Å². The zero-order valence-corrected chi connectivity index (χ0v) is 14.6. The van der Waals surface area contributed by atoms with Crippen LogP contribution in [0.5, 0.6) is 5.75 Å². The lowest BCUT2D eigenvalue weighted by molar-refractivity contribution is 0.168. The first-order valence-corrected chi connectivity index (χ1v) is 8.20. The third-order valence-electron chi connectivity index (χ3n) is 3.87. The molecule has 0 radical (unpaired) electrons. The Hall–Kier alpha value is -2.53. The Balaban J connectivity index is 2.22. The molecule has 0 fully saturated rings. The van der Waals surface area contributed by atoms with Crippen LogP contribution in [0.15, 0.2) is 65.1 Å². The van der Waals surface area contributed by atoms with Crippen molar-refractivity contribution in [2.45, 2.75) is 6.04 Å². The molecule has 0 aliphatic heterocycles. The number of nitrogens with one attached hydrogen (secondary N) is 1. The molecule has 3 aromatic rings. The van der Waals surface area contributed by atoms with Crippen molar-refractivity contribution in [3.05, 3.63) is 76.3 Å². The van der Waals surface area contributed by atoms with Gasteiger partial charge in [0, 0.05) is 10.0 Å². The van der Waals surface area contributed by atoms with Gasteiger partial charge in [-0.05, 0) is 34.5 Å². The third-order valence-corrected chi connectivity index (χ3v) is 4.36. The van der Waals surface area contributed by atoms with Crippen molar-refractivity contribution in [2.24, 2.45) is 0 Å². The van der Waals surface area contributed by atoms with E-state index in [9.17, 15) is 9.90 Å². The SMILES string of the molecule is COC(=O)NC(c1cccc(Br)c1)c1c(O)ccc2ccccc12.